The zero-order chi connectivity index (χ0) is 7.86. The Kier molecular flexibility index (Phi) is 8.12. The maximum atomic E-state index is 9.00. The lowest BCUT2D eigenvalue weighted by Crippen LogP contribution is -2.18. The molecule has 0 heterocycles. The molecule has 0 aromatic heterocycles. The van der Waals surface area contributed by atoms with Gasteiger partial charge < -0.3 is 16.6 Å². The highest BCUT2D eigenvalue weighted by Gasteiger charge is 1.63. The van der Waals surface area contributed by atoms with Crippen molar-refractivity contribution in [1.29, 1.82) is 0 Å². The molecule has 2 amide bonds. The summed E-state index contributed by atoms with van der Waals surface area (Å²) in [7, 11) is 0. The molecule has 0 aliphatic carbocycles. The van der Waals surface area contributed by atoms with Crippen molar-refractivity contribution in [3.8, 4) is 0 Å². The second-order valence-corrected chi connectivity index (χ2v) is 1.33. The highest BCUT2D eigenvalue weighted by molar-refractivity contribution is 5.69. The summed E-state index contributed by atoms with van der Waals surface area (Å²) in [5.41, 5.74) is 8.50. The third kappa shape index (κ3) is 240. The van der Waals surface area contributed by atoms with E-state index in [1.807, 2.05) is 0 Å². The molecule has 4 nitrogen and oxygen atoms in total. The largest absolute Gasteiger partial charge is 0.513 e. The number of aliphatic hydroxyl groups is 1. The van der Waals surface area contributed by atoms with Crippen LogP contribution in [0.2, 0.25) is 0 Å². The Morgan fingerprint density at radius 1 is 1.56 bits per heavy atom. The number of nitrogens with two attached hydrogens (primary N) is 2. The number of carbonyl (C=O) groups is 1. The molecule has 0 fully saturated rings. The highest BCUT2D eigenvalue weighted by atomic mass is 16.3. The molecular weight excluding hydrogens is 120 g/mol. The van der Waals surface area contributed by atoms with Gasteiger partial charge in [-0.3, -0.25) is 0 Å². The van der Waals surface area contributed by atoms with Crippen LogP contribution in [-0.4, -0.2) is 11.1 Å². The fourth-order valence-electron chi connectivity index (χ4n) is 0. The van der Waals surface area contributed by atoms with Crippen LogP contribution in [-0.2, 0) is 0 Å². The number of urea groups is 1. The zero-order valence-electron chi connectivity index (χ0n) is 5.59. The first-order valence-corrected chi connectivity index (χ1v) is 2.37. The quantitative estimate of drug-likeness (QED) is 0.419. The van der Waals surface area contributed by atoms with Gasteiger partial charge in [-0.2, -0.15) is 0 Å². The monoisotopic (exact) mass is 132 g/mol. The number of hydrogen-bond donors (Lipinski definition) is 3. The number of amides is 2. The average molecular weight is 132 g/mol. The summed E-state index contributed by atoms with van der Waals surface area (Å²) in [4.78, 5) is 9.00. The molecule has 54 valence electrons. The number of primary amides is 2. The molecule has 0 saturated heterocycles. The molecule has 0 aromatic rings. The molecule has 0 aliphatic rings. The minimum atomic E-state index is -0.833. The van der Waals surface area contributed by atoms with Crippen LogP contribution in [0.1, 0.15) is 13.8 Å². The van der Waals surface area contributed by atoms with Crippen LogP contribution in [0.25, 0.3) is 0 Å². The Hall–Kier alpha value is -1.19. The Balaban J connectivity index is 0. The van der Waals surface area contributed by atoms with Gasteiger partial charge in [0.1, 0.15) is 0 Å². The Morgan fingerprint density at radius 3 is 1.67 bits per heavy atom. The van der Waals surface area contributed by atoms with Crippen molar-refractivity contribution in [3.63, 3.8) is 0 Å². The molecule has 0 aromatic carbocycles. The third-order valence-electron chi connectivity index (χ3n) is 0.418. The Labute approximate surface area is 54.2 Å². The number of hydrogen-bond acceptors (Lipinski definition) is 2. The fourth-order valence-corrected chi connectivity index (χ4v) is 0. The number of carbonyl (C=O) groups excluding carboxylic acids is 1. The van der Waals surface area contributed by atoms with E-state index in [9.17, 15) is 0 Å². The Morgan fingerprint density at radius 2 is 1.67 bits per heavy atom. The van der Waals surface area contributed by atoms with E-state index in [4.69, 9.17) is 9.90 Å². The molecule has 0 atom stereocenters. The summed E-state index contributed by atoms with van der Waals surface area (Å²) < 4.78 is 0. The minimum absolute atomic E-state index is 0.380. The summed E-state index contributed by atoms with van der Waals surface area (Å²) >= 11 is 0. The number of aliphatic hydroxyl groups excluding tert-OH is 1. The maximum Gasteiger partial charge on any atom is 0.309 e. The van der Waals surface area contributed by atoms with Gasteiger partial charge in [0.05, 0.1) is 5.76 Å². The van der Waals surface area contributed by atoms with Gasteiger partial charge in [0.25, 0.3) is 0 Å². The average Bonchev–Trinajstić information content (AvgIpc) is 1.65. The van der Waals surface area contributed by atoms with E-state index in [2.05, 4.69) is 11.5 Å². The van der Waals surface area contributed by atoms with Crippen molar-refractivity contribution >= 4 is 6.03 Å². The first-order chi connectivity index (χ1) is 4.00. The standard InChI is InChI=1S/C4H8O.CH4N2O/c1-3-4(2)5;2-1(3)4/h3,5H,1-2H3;(H4,2,3,4). The molecule has 9 heavy (non-hydrogen) atoms. The first kappa shape index (κ1) is 10.7. The first-order valence-electron chi connectivity index (χ1n) is 2.37. The van der Waals surface area contributed by atoms with Crippen molar-refractivity contribution in [2.24, 2.45) is 11.5 Å². The maximum absolute atomic E-state index is 9.00. The van der Waals surface area contributed by atoms with Gasteiger partial charge in [-0.25, -0.2) is 4.79 Å². The second-order valence-electron chi connectivity index (χ2n) is 1.33. The summed E-state index contributed by atoms with van der Waals surface area (Å²) in [5, 5.41) is 8.22. The van der Waals surface area contributed by atoms with Gasteiger partial charge in [0, 0.05) is 0 Å². The van der Waals surface area contributed by atoms with Gasteiger partial charge in [0.2, 0.25) is 0 Å². The van der Waals surface area contributed by atoms with Gasteiger partial charge in [-0.05, 0) is 13.8 Å². The predicted molar refractivity (Wildman–Crippen MR) is 35.8 cm³/mol. The van der Waals surface area contributed by atoms with Gasteiger partial charge in [0.15, 0.2) is 0 Å². The minimum Gasteiger partial charge on any atom is -0.513 e. The SMILES string of the molecule is CC=C(C)O.NC(N)=O. The van der Waals surface area contributed by atoms with Crippen molar-refractivity contribution in [3.05, 3.63) is 11.8 Å². The van der Waals surface area contributed by atoms with E-state index in [1.165, 1.54) is 0 Å². The van der Waals surface area contributed by atoms with Crippen molar-refractivity contribution in [2.75, 3.05) is 0 Å². The lowest BCUT2D eigenvalue weighted by atomic mass is 10.5. The summed E-state index contributed by atoms with van der Waals surface area (Å²) in [6.45, 7) is 3.43. The van der Waals surface area contributed by atoms with E-state index in [0.29, 0.717) is 5.76 Å². The van der Waals surface area contributed by atoms with E-state index in [0.717, 1.165) is 0 Å². The van der Waals surface area contributed by atoms with Crippen LogP contribution in [0, 0.1) is 0 Å². The van der Waals surface area contributed by atoms with Crippen LogP contribution in [0.4, 0.5) is 4.79 Å². The molecule has 0 unspecified atom stereocenters. The lowest BCUT2D eigenvalue weighted by molar-refractivity contribution is 0.256. The van der Waals surface area contributed by atoms with Gasteiger partial charge >= 0.3 is 6.03 Å². The van der Waals surface area contributed by atoms with Crippen molar-refractivity contribution in [2.45, 2.75) is 13.8 Å². The van der Waals surface area contributed by atoms with Crippen LogP contribution in [0.5, 0.6) is 0 Å². The second kappa shape index (κ2) is 6.81. The molecular formula is C5H12N2O2. The normalized spacial score (nSPS) is 9.33. The third-order valence-corrected chi connectivity index (χ3v) is 0.418. The van der Waals surface area contributed by atoms with E-state index >= 15 is 0 Å². The zero-order valence-corrected chi connectivity index (χ0v) is 5.59. The van der Waals surface area contributed by atoms with E-state index in [1.54, 1.807) is 19.9 Å². The van der Waals surface area contributed by atoms with Crippen molar-refractivity contribution < 1.29 is 9.90 Å². The van der Waals surface area contributed by atoms with Crippen molar-refractivity contribution in [1.82, 2.24) is 0 Å². The van der Waals surface area contributed by atoms with Gasteiger partial charge in [-0.15, -0.1) is 0 Å². The molecule has 0 spiro atoms. The van der Waals surface area contributed by atoms with Crippen LogP contribution in [0.3, 0.4) is 0 Å². The summed E-state index contributed by atoms with van der Waals surface area (Å²) in [5.74, 6) is 0.380. The number of rotatable bonds is 0. The molecule has 0 saturated carbocycles. The van der Waals surface area contributed by atoms with E-state index < -0.39 is 6.03 Å². The number of allylic oxidation sites excluding steroid dienone is 2. The topological polar surface area (TPSA) is 89.3 Å². The predicted octanol–water partition coefficient (Wildman–Crippen LogP) is 0.492. The molecule has 5 N–H and O–H groups in total. The lowest BCUT2D eigenvalue weighted by Gasteiger charge is -1.75. The summed E-state index contributed by atoms with van der Waals surface area (Å²) in [6.07, 6.45) is 1.64. The molecule has 0 radical (unpaired) electrons. The van der Waals surface area contributed by atoms with Gasteiger partial charge in [-0.1, -0.05) is 6.08 Å². The molecule has 0 rings (SSSR count). The van der Waals surface area contributed by atoms with E-state index in [-0.39, 0.29) is 0 Å². The Bertz CT molecular complexity index is 102. The van der Waals surface area contributed by atoms with Crippen LogP contribution >= 0.6 is 0 Å². The fraction of sp³-hybridized carbons (Fsp3) is 0.400. The molecule has 0 aliphatic heterocycles. The smallest absolute Gasteiger partial charge is 0.309 e. The molecule has 4 heteroatoms. The van der Waals surface area contributed by atoms with Crippen LogP contribution < -0.4 is 11.5 Å². The summed E-state index contributed by atoms with van der Waals surface area (Å²) in [6, 6.07) is -0.833. The highest BCUT2D eigenvalue weighted by Crippen LogP contribution is 1.77. The van der Waals surface area contributed by atoms with Crippen LogP contribution in [0.15, 0.2) is 11.8 Å². The molecule has 0 bridgehead atoms.